The number of benzene rings is 2. The van der Waals surface area contributed by atoms with Gasteiger partial charge >= 0.3 is 0 Å². The van der Waals surface area contributed by atoms with Crippen LogP contribution in [-0.2, 0) is 13.0 Å². The Balaban J connectivity index is 1.71. The molecule has 120 valence electrons. The monoisotopic (exact) mass is 374 g/mol. The van der Waals surface area contributed by atoms with Crippen LogP contribution >= 0.6 is 15.9 Å². The van der Waals surface area contributed by atoms with E-state index in [0.717, 1.165) is 33.5 Å². The molecule has 4 nitrogen and oxygen atoms in total. The first-order valence-electron chi connectivity index (χ1n) is 7.68. The zero-order chi connectivity index (χ0) is 16.2. The number of para-hydroxylation sites is 2. The van der Waals surface area contributed by atoms with Gasteiger partial charge in [0.2, 0.25) is 0 Å². The molecule has 0 spiro atoms. The Morgan fingerprint density at radius 1 is 1.22 bits per heavy atom. The van der Waals surface area contributed by atoms with Crippen LogP contribution < -0.4 is 4.74 Å². The molecule has 0 aliphatic carbocycles. The Bertz CT molecular complexity index is 801. The number of aliphatic hydroxyl groups excluding tert-OH is 1. The molecule has 0 aliphatic heterocycles. The number of fused-ring (bicyclic) bond motifs is 1. The molecule has 2 aromatic carbocycles. The van der Waals surface area contributed by atoms with Crippen molar-refractivity contribution in [3.05, 3.63) is 58.8 Å². The van der Waals surface area contributed by atoms with Crippen molar-refractivity contribution >= 4 is 27.0 Å². The third-order valence-electron chi connectivity index (χ3n) is 3.68. The topological polar surface area (TPSA) is 47.3 Å². The average molecular weight is 375 g/mol. The fourth-order valence-corrected chi connectivity index (χ4v) is 2.99. The standard InChI is InChI=1S/C18H19BrN2O2/c1-2-18-20-16-8-3-4-9-17(16)21(18)11-14(22)12-23-15-7-5-6-13(19)10-15/h3-10,14,22H,2,11-12H2,1H3. The number of nitrogens with zero attached hydrogens (tertiary/aromatic N) is 2. The summed E-state index contributed by atoms with van der Waals surface area (Å²) in [5.74, 6) is 1.72. The van der Waals surface area contributed by atoms with E-state index in [-0.39, 0.29) is 6.61 Å². The van der Waals surface area contributed by atoms with Crippen LogP contribution in [0.5, 0.6) is 5.75 Å². The summed E-state index contributed by atoms with van der Waals surface area (Å²) in [5, 5.41) is 10.3. The molecule has 1 atom stereocenters. The lowest BCUT2D eigenvalue weighted by Crippen LogP contribution is -2.24. The second kappa shape index (κ2) is 7.15. The van der Waals surface area contributed by atoms with Gasteiger partial charge < -0.3 is 14.4 Å². The largest absolute Gasteiger partial charge is 0.491 e. The van der Waals surface area contributed by atoms with Gasteiger partial charge in [0.15, 0.2) is 0 Å². The minimum atomic E-state index is -0.600. The van der Waals surface area contributed by atoms with E-state index in [0.29, 0.717) is 6.54 Å². The van der Waals surface area contributed by atoms with Crippen molar-refractivity contribution < 1.29 is 9.84 Å². The lowest BCUT2D eigenvalue weighted by Gasteiger charge is -2.15. The van der Waals surface area contributed by atoms with E-state index in [1.807, 2.05) is 48.5 Å². The van der Waals surface area contributed by atoms with E-state index in [1.165, 1.54) is 0 Å². The first-order chi connectivity index (χ1) is 11.2. The van der Waals surface area contributed by atoms with Crippen molar-refractivity contribution in [1.82, 2.24) is 9.55 Å². The van der Waals surface area contributed by atoms with Crippen LogP contribution in [0.1, 0.15) is 12.7 Å². The molecule has 23 heavy (non-hydrogen) atoms. The fourth-order valence-electron chi connectivity index (χ4n) is 2.61. The van der Waals surface area contributed by atoms with Gasteiger partial charge in [-0.3, -0.25) is 0 Å². The van der Waals surface area contributed by atoms with E-state index >= 15 is 0 Å². The van der Waals surface area contributed by atoms with Crippen LogP contribution in [0.2, 0.25) is 0 Å². The first-order valence-corrected chi connectivity index (χ1v) is 8.47. The zero-order valence-electron chi connectivity index (χ0n) is 12.9. The first kappa shape index (κ1) is 16.0. The number of rotatable bonds is 6. The van der Waals surface area contributed by atoms with Crippen molar-refractivity contribution in [2.75, 3.05) is 6.61 Å². The molecule has 1 aromatic heterocycles. The molecule has 0 amide bonds. The van der Waals surface area contributed by atoms with Crippen molar-refractivity contribution in [2.45, 2.75) is 26.0 Å². The van der Waals surface area contributed by atoms with Crippen molar-refractivity contribution in [3.63, 3.8) is 0 Å². The van der Waals surface area contributed by atoms with Crippen LogP contribution in [-0.4, -0.2) is 27.4 Å². The Labute approximate surface area is 143 Å². The van der Waals surface area contributed by atoms with E-state index in [9.17, 15) is 5.11 Å². The number of aryl methyl sites for hydroxylation is 1. The minimum Gasteiger partial charge on any atom is -0.491 e. The summed E-state index contributed by atoms with van der Waals surface area (Å²) in [7, 11) is 0. The Morgan fingerprint density at radius 3 is 2.83 bits per heavy atom. The molecular formula is C18H19BrN2O2. The van der Waals surface area contributed by atoms with Gasteiger partial charge in [-0.25, -0.2) is 4.98 Å². The van der Waals surface area contributed by atoms with E-state index in [1.54, 1.807) is 0 Å². The molecular weight excluding hydrogens is 356 g/mol. The molecule has 3 rings (SSSR count). The van der Waals surface area contributed by atoms with Gasteiger partial charge in [0.1, 0.15) is 24.3 Å². The van der Waals surface area contributed by atoms with Crippen molar-refractivity contribution in [2.24, 2.45) is 0 Å². The van der Waals surface area contributed by atoms with Gasteiger partial charge in [0.05, 0.1) is 17.6 Å². The van der Waals surface area contributed by atoms with Crippen LogP contribution in [0.15, 0.2) is 53.0 Å². The summed E-state index contributed by atoms with van der Waals surface area (Å²) in [6.07, 6.45) is 0.227. The minimum absolute atomic E-state index is 0.242. The third kappa shape index (κ3) is 3.74. The highest BCUT2D eigenvalue weighted by atomic mass is 79.9. The maximum Gasteiger partial charge on any atom is 0.120 e. The summed E-state index contributed by atoms with van der Waals surface area (Å²) < 4.78 is 8.70. The number of aromatic nitrogens is 2. The molecule has 0 fully saturated rings. The van der Waals surface area contributed by atoms with Crippen LogP contribution in [0, 0.1) is 0 Å². The maximum atomic E-state index is 10.3. The van der Waals surface area contributed by atoms with Gasteiger partial charge in [-0.1, -0.05) is 41.1 Å². The Morgan fingerprint density at radius 2 is 2.04 bits per heavy atom. The molecule has 0 radical (unpaired) electrons. The van der Waals surface area contributed by atoms with E-state index < -0.39 is 6.10 Å². The number of hydrogen-bond acceptors (Lipinski definition) is 3. The quantitative estimate of drug-likeness (QED) is 0.713. The smallest absolute Gasteiger partial charge is 0.120 e. The van der Waals surface area contributed by atoms with Crippen LogP contribution in [0.4, 0.5) is 0 Å². The molecule has 0 aliphatic rings. The fraction of sp³-hybridized carbons (Fsp3) is 0.278. The highest BCUT2D eigenvalue weighted by Crippen LogP contribution is 2.19. The molecule has 1 N–H and O–H groups in total. The predicted molar refractivity (Wildman–Crippen MR) is 94.8 cm³/mol. The molecule has 3 aromatic rings. The number of imidazole rings is 1. The Hall–Kier alpha value is -1.85. The summed E-state index contributed by atoms with van der Waals surface area (Å²) >= 11 is 3.41. The predicted octanol–water partition coefficient (Wildman–Crippen LogP) is 3.80. The molecule has 0 bridgehead atoms. The van der Waals surface area contributed by atoms with Gasteiger partial charge in [-0.05, 0) is 30.3 Å². The summed E-state index contributed by atoms with van der Waals surface area (Å²) in [4.78, 5) is 4.62. The van der Waals surface area contributed by atoms with Crippen LogP contribution in [0.3, 0.4) is 0 Å². The summed E-state index contributed by atoms with van der Waals surface area (Å²) in [6, 6.07) is 15.6. The second-order valence-electron chi connectivity index (χ2n) is 5.40. The van der Waals surface area contributed by atoms with Crippen molar-refractivity contribution in [3.8, 4) is 5.75 Å². The second-order valence-corrected chi connectivity index (χ2v) is 6.32. The molecule has 5 heteroatoms. The van der Waals surface area contributed by atoms with Gasteiger partial charge in [-0.2, -0.15) is 0 Å². The molecule has 0 saturated carbocycles. The summed E-state index contributed by atoms with van der Waals surface area (Å²) in [6.45, 7) is 2.78. The Kier molecular flexibility index (Phi) is 4.98. The maximum absolute atomic E-state index is 10.3. The van der Waals surface area contributed by atoms with E-state index in [4.69, 9.17) is 4.74 Å². The number of hydrogen-bond donors (Lipinski definition) is 1. The lowest BCUT2D eigenvalue weighted by atomic mass is 10.3. The van der Waals surface area contributed by atoms with Crippen molar-refractivity contribution in [1.29, 1.82) is 0 Å². The molecule has 0 saturated heterocycles. The number of aliphatic hydroxyl groups is 1. The molecule has 1 heterocycles. The third-order valence-corrected chi connectivity index (χ3v) is 4.17. The SMILES string of the molecule is CCc1nc2ccccc2n1CC(O)COc1cccc(Br)c1. The molecule has 1 unspecified atom stereocenters. The van der Waals surface area contributed by atoms with Gasteiger partial charge in [0.25, 0.3) is 0 Å². The number of ether oxygens (including phenoxy) is 1. The highest BCUT2D eigenvalue weighted by molar-refractivity contribution is 9.10. The zero-order valence-corrected chi connectivity index (χ0v) is 14.5. The van der Waals surface area contributed by atoms with Gasteiger partial charge in [-0.15, -0.1) is 0 Å². The van der Waals surface area contributed by atoms with Crippen LogP contribution in [0.25, 0.3) is 11.0 Å². The van der Waals surface area contributed by atoms with E-state index in [2.05, 4.69) is 32.4 Å². The highest BCUT2D eigenvalue weighted by Gasteiger charge is 2.13. The normalized spacial score (nSPS) is 12.5. The number of halogens is 1. The summed E-state index contributed by atoms with van der Waals surface area (Å²) in [5.41, 5.74) is 2.01. The van der Waals surface area contributed by atoms with Gasteiger partial charge in [0, 0.05) is 10.9 Å². The average Bonchev–Trinajstić information content (AvgIpc) is 2.91. The lowest BCUT2D eigenvalue weighted by molar-refractivity contribution is 0.0927.